The van der Waals surface area contributed by atoms with Gasteiger partial charge in [0.05, 0.1) is 12.3 Å². The second-order valence-corrected chi connectivity index (χ2v) is 11.9. The van der Waals surface area contributed by atoms with Gasteiger partial charge in [-0.2, -0.15) is 0 Å². The maximum absolute atomic E-state index is 13.7. The molecule has 0 bridgehead atoms. The molecule has 1 saturated heterocycles. The number of aromatic hydroxyl groups is 1. The lowest BCUT2D eigenvalue weighted by molar-refractivity contribution is 0.0600. The van der Waals surface area contributed by atoms with Gasteiger partial charge < -0.3 is 10.0 Å². The van der Waals surface area contributed by atoms with E-state index in [-0.39, 0.29) is 31.0 Å². The molecule has 3 aromatic rings. The van der Waals surface area contributed by atoms with E-state index in [1.807, 2.05) is 29.3 Å². The molecule has 2 aromatic carbocycles. The fraction of sp³-hybridized carbons (Fsp3) is 0.333. The zero-order valence-corrected chi connectivity index (χ0v) is 21.3. The van der Waals surface area contributed by atoms with Gasteiger partial charge in [0.2, 0.25) is 15.5 Å². The van der Waals surface area contributed by atoms with Gasteiger partial charge in [0.25, 0.3) is 5.91 Å². The third kappa shape index (κ3) is 3.91. The van der Waals surface area contributed by atoms with Gasteiger partial charge in [0, 0.05) is 31.4 Å². The molecule has 1 amide bonds. The number of hydrogen-bond acceptors (Lipinski definition) is 6. The first-order chi connectivity index (χ1) is 17.7. The maximum atomic E-state index is 13.7. The number of carbonyl (C=O) groups excluding carboxylic acids is 1. The Bertz CT molecular complexity index is 1520. The van der Waals surface area contributed by atoms with Crippen molar-refractivity contribution in [2.75, 3.05) is 31.0 Å². The first kappa shape index (κ1) is 23.7. The lowest BCUT2D eigenvalue weighted by atomic mass is 9.94. The van der Waals surface area contributed by atoms with Crippen molar-refractivity contribution in [3.63, 3.8) is 0 Å². The third-order valence-corrected chi connectivity index (χ3v) is 9.06. The molecule has 1 aromatic heterocycles. The lowest BCUT2D eigenvalue weighted by Gasteiger charge is -2.46. The van der Waals surface area contributed by atoms with Gasteiger partial charge in [-0.1, -0.05) is 48.5 Å². The highest BCUT2D eigenvalue weighted by Crippen LogP contribution is 2.38. The van der Waals surface area contributed by atoms with E-state index >= 15 is 0 Å². The van der Waals surface area contributed by atoms with Gasteiger partial charge in [-0.05, 0) is 41.5 Å². The highest BCUT2D eigenvalue weighted by atomic mass is 32.2. The summed E-state index contributed by atoms with van der Waals surface area (Å²) >= 11 is 0. The van der Waals surface area contributed by atoms with Crippen LogP contribution in [0.3, 0.4) is 0 Å². The Balaban J connectivity index is 1.53. The molecule has 1 aliphatic carbocycles. The van der Waals surface area contributed by atoms with Crippen LogP contribution in [0.4, 0.5) is 0 Å². The third-order valence-electron chi connectivity index (χ3n) is 7.79. The highest BCUT2D eigenvalue weighted by Gasteiger charge is 2.43. The molecule has 192 valence electrons. The number of aromatic nitrogens is 1. The fourth-order valence-corrected chi connectivity index (χ4v) is 6.80. The second kappa shape index (κ2) is 8.74. The van der Waals surface area contributed by atoms with E-state index in [1.54, 1.807) is 15.8 Å². The van der Waals surface area contributed by atoms with Crippen LogP contribution in [0.25, 0.3) is 0 Å². The molecule has 0 unspecified atom stereocenters. The summed E-state index contributed by atoms with van der Waals surface area (Å²) in [5.74, 6) is -1.09. The summed E-state index contributed by atoms with van der Waals surface area (Å²) in [6, 6.07) is 17.0. The summed E-state index contributed by atoms with van der Waals surface area (Å²) in [6.45, 7) is 0.660. The molecule has 0 saturated carbocycles. The number of nitrogens with zero attached hydrogens (tertiary/aromatic N) is 4. The van der Waals surface area contributed by atoms with Crippen molar-refractivity contribution >= 4 is 15.9 Å². The Kier molecular flexibility index (Phi) is 5.61. The molecule has 2 aliphatic heterocycles. The van der Waals surface area contributed by atoms with Crippen molar-refractivity contribution < 1.29 is 18.3 Å². The zero-order valence-electron chi connectivity index (χ0n) is 20.4. The normalized spacial score (nSPS) is 20.4. The number of hydrogen-bond donors (Lipinski definition) is 1. The number of amides is 1. The summed E-state index contributed by atoms with van der Waals surface area (Å²) in [7, 11) is -3.41. The molecule has 0 radical (unpaired) electrons. The molecular formula is C27H28N4O5S. The van der Waals surface area contributed by atoms with E-state index in [1.165, 1.54) is 27.8 Å². The van der Waals surface area contributed by atoms with E-state index < -0.39 is 27.1 Å². The molecule has 6 rings (SSSR count). The Morgan fingerprint density at radius 3 is 2.14 bits per heavy atom. The molecule has 3 heterocycles. The number of sulfonamides is 1. The van der Waals surface area contributed by atoms with Gasteiger partial charge in [0.15, 0.2) is 11.4 Å². The SMILES string of the molecule is CS(=O)(=O)N1CC[C@@H](N2CN(C3c4ccccc4CCc4ccccc43)n3ccc(=O)c(O)c3C2=O)C1. The van der Waals surface area contributed by atoms with Crippen molar-refractivity contribution in [2.24, 2.45) is 0 Å². The number of carbonyl (C=O) groups is 1. The monoisotopic (exact) mass is 520 g/mol. The first-order valence-corrected chi connectivity index (χ1v) is 14.2. The first-order valence-electron chi connectivity index (χ1n) is 12.4. The summed E-state index contributed by atoms with van der Waals surface area (Å²) in [6.07, 6.45) is 4.92. The van der Waals surface area contributed by atoms with Crippen LogP contribution >= 0.6 is 0 Å². The van der Waals surface area contributed by atoms with Crippen LogP contribution < -0.4 is 10.4 Å². The Morgan fingerprint density at radius 2 is 1.54 bits per heavy atom. The lowest BCUT2D eigenvalue weighted by Crippen LogP contribution is -2.58. The minimum absolute atomic E-state index is 0.101. The van der Waals surface area contributed by atoms with Crippen molar-refractivity contribution in [1.29, 1.82) is 0 Å². The van der Waals surface area contributed by atoms with Crippen LogP contribution in [0, 0.1) is 0 Å². The van der Waals surface area contributed by atoms with Crippen LogP contribution in [-0.2, 0) is 22.9 Å². The molecule has 1 atom stereocenters. The van der Waals surface area contributed by atoms with Crippen LogP contribution in [0.5, 0.6) is 5.75 Å². The molecule has 37 heavy (non-hydrogen) atoms. The molecular weight excluding hydrogens is 492 g/mol. The second-order valence-electron chi connectivity index (χ2n) is 9.94. The maximum Gasteiger partial charge on any atom is 0.278 e. The Labute approximate surface area is 215 Å². The molecule has 1 fully saturated rings. The van der Waals surface area contributed by atoms with Crippen LogP contribution in [0.15, 0.2) is 65.6 Å². The van der Waals surface area contributed by atoms with Crippen LogP contribution in [0.2, 0.25) is 0 Å². The molecule has 0 spiro atoms. The Morgan fingerprint density at radius 1 is 0.919 bits per heavy atom. The largest absolute Gasteiger partial charge is 0.502 e. The zero-order chi connectivity index (χ0) is 25.9. The van der Waals surface area contributed by atoms with Crippen molar-refractivity contribution in [3.05, 3.63) is 99.0 Å². The number of rotatable bonds is 3. The van der Waals surface area contributed by atoms with Gasteiger partial charge in [-0.15, -0.1) is 0 Å². The van der Waals surface area contributed by atoms with Gasteiger partial charge in [0.1, 0.15) is 6.67 Å². The van der Waals surface area contributed by atoms with Crippen molar-refractivity contribution in [2.45, 2.75) is 31.3 Å². The predicted molar refractivity (Wildman–Crippen MR) is 139 cm³/mol. The van der Waals surface area contributed by atoms with E-state index in [0.717, 1.165) is 24.0 Å². The predicted octanol–water partition coefficient (Wildman–Crippen LogP) is 1.83. The summed E-state index contributed by atoms with van der Waals surface area (Å²) in [5, 5.41) is 12.8. The number of pyridine rings is 1. The smallest absolute Gasteiger partial charge is 0.278 e. The molecule has 3 aliphatic rings. The molecule has 10 heteroatoms. The van der Waals surface area contributed by atoms with Gasteiger partial charge >= 0.3 is 0 Å². The van der Waals surface area contributed by atoms with Gasteiger partial charge in [-0.25, -0.2) is 12.7 Å². The van der Waals surface area contributed by atoms with Gasteiger partial charge in [-0.3, -0.25) is 19.3 Å². The Hall–Kier alpha value is -3.63. The van der Waals surface area contributed by atoms with E-state index in [9.17, 15) is 23.1 Å². The molecule has 9 nitrogen and oxygen atoms in total. The fourth-order valence-electron chi connectivity index (χ4n) is 5.92. The summed E-state index contributed by atoms with van der Waals surface area (Å²) in [4.78, 5) is 27.8. The minimum atomic E-state index is -3.41. The van der Waals surface area contributed by atoms with E-state index in [4.69, 9.17) is 0 Å². The average molecular weight is 521 g/mol. The minimum Gasteiger partial charge on any atom is -0.502 e. The van der Waals surface area contributed by atoms with E-state index in [2.05, 4.69) is 24.3 Å². The average Bonchev–Trinajstić information content (AvgIpc) is 3.32. The number of aryl methyl sites for hydroxylation is 2. The number of fused-ring (bicyclic) bond motifs is 3. The van der Waals surface area contributed by atoms with Crippen molar-refractivity contribution in [3.8, 4) is 5.75 Å². The summed E-state index contributed by atoms with van der Waals surface area (Å²) in [5.41, 5.74) is 3.85. The highest BCUT2D eigenvalue weighted by molar-refractivity contribution is 7.88. The van der Waals surface area contributed by atoms with Crippen LogP contribution in [-0.4, -0.2) is 65.4 Å². The topological polar surface area (TPSA) is 103 Å². The standard InChI is InChI=1S/C27H28N4O5S/c1-37(35,36)28-14-12-20(16-28)29-17-31(30-15-13-23(32)26(33)25(30)27(29)34)24-21-8-4-2-6-18(21)10-11-19-7-3-5-9-22(19)24/h2-9,13,15,20,24,33H,10-12,14,16-17H2,1H3/t20-/m1/s1. The van der Waals surface area contributed by atoms with E-state index in [0.29, 0.717) is 13.0 Å². The quantitative estimate of drug-likeness (QED) is 0.565. The molecule has 1 N–H and O–H groups in total. The van der Waals surface area contributed by atoms with Crippen LogP contribution in [0.1, 0.15) is 45.2 Å². The number of benzene rings is 2. The summed E-state index contributed by atoms with van der Waals surface area (Å²) < 4.78 is 27.4. The van der Waals surface area contributed by atoms with Crippen molar-refractivity contribution in [1.82, 2.24) is 13.9 Å².